The third-order valence-electron chi connectivity index (χ3n) is 4.25. The van der Waals surface area contributed by atoms with Gasteiger partial charge in [-0.05, 0) is 41.2 Å². The van der Waals surface area contributed by atoms with Gasteiger partial charge in [-0.25, -0.2) is 5.10 Å². The first-order valence-electron chi connectivity index (χ1n) is 8.25. The second kappa shape index (κ2) is 7.05. The van der Waals surface area contributed by atoms with Gasteiger partial charge in [-0.15, -0.1) is 0 Å². The summed E-state index contributed by atoms with van der Waals surface area (Å²) in [6.45, 7) is 0. The molecule has 1 heterocycles. The van der Waals surface area contributed by atoms with Gasteiger partial charge < -0.3 is 9.84 Å². The van der Waals surface area contributed by atoms with E-state index >= 15 is 0 Å². The van der Waals surface area contributed by atoms with Crippen LogP contribution in [0.5, 0.6) is 11.5 Å². The lowest BCUT2D eigenvalue weighted by Crippen LogP contribution is -1.97. The third-order valence-corrected chi connectivity index (χ3v) is 4.51. The number of ether oxygens (including phenoxy) is 1. The summed E-state index contributed by atoms with van der Waals surface area (Å²) < 4.78 is 7.26. The molecule has 4 aromatic rings. The van der Waals surface area contributed by atoms with Gasteiger partial charge in [0.2, 0.25) is 4.77 Å². The Morgan fingerprint density at radius 3 is 2.74 bits per heavy atom. The smallest absolute Gasteiger partial charge is 0.216 e. The maximum Gasteiger partial charge on any atom is 0.216 e. The number of aromatic nitrogens is 3. The maximum absolute atomic E-state index is 10.3. The number of nitrogens with zero attached hydrogens (tertiary/aromatic N) is 3. The van der Waals surface area contributed by atoms with Crippen molar-refractivity contribution in [1.82, 2.24) is 14.9 Å². The van der Waals surface area contributed by atoms with Crippen molar-refractivity contribution >= 4 is 29.2 Å². The molecule has 4 rings (SSSR count). The van der Waals surface area contributed by atoms with Gasteiger partial charge in [-0.1, -0.05) is 42.5 Å². The van der Waals surface area contributed by atoms with Crippen LogP contribution in [0.2, 0.25) is 0 Å². The van der Waals surface area contributed by atoms with E-state index in [-0.39, 0.29) is 5.75 Å². The largest absolute Gasteiger partial charge is 0.507 e. The van der Waals surface area contributed by atoms with Crippen molar-refractivity contribution in [3.8, 4) is 22.9 Å². The van der Waals surface area contributed by atoms with Crippen LogP contribution < -0.4 is 4.74 Å². The minimum atomic E-state index is 0.145. The average Bonchev–Trinajstić information content (AvgIpc) is 3.07. The number of benzene rings is 3. The van der Waals surface area contributed by atoms with E-state index in [4.69, 9.17) is 17.0 Å². The Balaban J connectivity index is 1.85. The van der Waals surface area contributed by atoms with Crippen molar-refractivity contribution in [3.05, 3.63) is 71.0 Å². The van der Waals surface area contributed by atoms with E-state index in [1.165, 1.54) is 4.68 Å². The summed E-state index contributed by atoms with van der Waals surface area (Å²) in [7, 11) is 1.60. The second-order valence-corrected chi connectivity index (χ2v) is 6.22. The van der Waals surface area contributed by atoms with Crippen molar-refractivity contribution in [2.24, 2.45) is 5.10 Å². The molecule has 0 amide bonds. The van der Waals surface area contributed by atoms with E-state index in [1.807, 2.05) is 54.6 Å². The minimum absolute atomic E-state index is 0.145. The van der Waals surface area contributed by atoms with Crippen LogP contribution in [0.15, 0.2) is 65.8 Å². The van der Waals surface area contributed by atoms with Crippen molar-refractivity contribution in [1.29, 1.82) is 0 Å². The number of aromatic amines is 1. The maximum atomic E-state index is 10.3. The zero-order valence-corrected chi connectivity index (χ0v) is 15.3. The van der Waals surface area contributed by atoms with Gasteiger partial charge in [-0.2, -0.15) is 14.9 Å². The van der Waals surface area contributed by atoms with Gasteiger partial charge in [0.1, 0.15) is 11.5 Å². The predicted octanol–water partition coefficient (Wildman–Crippen LogP) is 4.36. The molecule has 0 aliphatic rings. The van der Waals surface area contributed by atoms with Crippen LogP contribution in [0.1, 0.15) is 5.56 Å². The molecule has 0 fully saturated rings. The lowest BCUT2D eigenvalue weighted by Gasteiger charge is -2.07. The number of phenols is 1. The molecule has 0 saturated carbocycles. The number of aromatic hydroxyl groups is 1. The molecule has 134 valence electrons. The van der Waals surface area contributed by atoms with Gasteiger partial charge in [0.15, 0.2) is 5.82 Å². The van der Waals surface area contributed by atoms with Crippen molar-refractivity contribution in [2.45, 2.75) is 0 Å². The second-order valence-electron chi connectivity index (χ2n) is 5.83. The quantitative estimate of drug-likeness (QED) is 0.410. The SMILES string of the molecule is COc1ccccc1-c1n[nH]c(=S)n1/N=C\c1c(O)ccc2ccccc12. The van der Waals surface area contributed by atoms with Gasteiger partial charge in [0.25, 0.3) is 0 Å². The number of para-hydroxylation sites is 1. The van der Waals surface area contributed by atoms with Gasteiger partial charge >= 0.3 is 0 Å². The highest BCUT2D eigenvalue weighted by Gasteiger charge is 2.13. The number of rotatable bonds is 4. The molecule has 0 aliphatic heterocycles. The van der Waals surface area contributed by atoms with Crippen LogP contribution >= 0.6 is 12.2 Å². The van der Waals surface area contributed by atoms with Crippen LogP contribution in [0.3, 0.4) is 0 Å². The van der Waals surface area contributed by atoms with Crippen LogP contribution in [0.4, 0.5) is 0 Å². The van der Waals surface area contributed by atoms with Crippen LogP contribution in [0, 0.1) is 4.77 Å². The van der Waals surface area contributed by atoms with E-state index in [0.29, 0.717) is 21.9 Å². The number of hydrogen-bond donors (Lipinski definition) is 2. The first-order chi connectivity index (χ1) is 13.2. The number of hydrogen-bond acceptors (Lipinski definition) is 5. The molecule has 0 atom stereocenters. The summed E-state index contributed by atoms with van der Waals surface area (Å²) in [5.41, 5.74) is 1.37. The fourth-order valence-corrected chi connectivity index (χ4v) is 3.12. The topological polar surface area (TPSA) is 75.4 Å². The molecule has 0 aliphatic carbocycles. The fourth-order valence-electron chi connectivity index (χ4n) is 2.94. The van der Waals surface area contributed by atoms with Crippen molar-refractivity contribution < 1.29 is 9.84 Å². The van der Waals surface area contributed by atoms with Gasteiger partial charge in [0.05, 0.1) is 18.9 Å². The summed E-state index contributed by atoms with van der Waals surface area (Å²) in [6, 6.07) is 18.8. The number of fused-ring (bicyclic) bond motifs is 1. The molecule has 2 N–H and O–H groups in total. The Morgan fingerprint density at radius 2 is 1.89 bits per heavy atom. The summed E-state index contributed by atoms with van der Waals surface area (Å²) in [5, 5.41) is 23.7. The molecule has 6 nitrogen and oxygen atoms in total. The minimum Gasteiger partial charge on any atom is -0.507 e. The lowest BCUT2D eigenvalue weighted by molar-refractivity contribution is 0.416. The highest BCUT2D eigenvalue weighted by atomic mass is 32.1. The zero-order valence-electron chi connectivity index (χ0n) is 14.5. The average molecular weight is 376 g/mol. The van der Waals surface area contributed by atoms with E-state index < -0.39 is 0 Å². The molecule has 7 heteroatoms. The molecule has 27 heavy (non-hydrogen) atoms. The van der Waals surface area contributed by atoms with Gasteiger partial charge in [-0.3, -0.25) is 0 Å². The normalized spacial score (nSPS) is 11.3. The number of H-pyrrole nitrogens is 1. The Kier molecular flexibility index (Phi) is 4.43. The Bertz CT molecular complexity index is 1210. The van der Waals surface area contributed by atoms with Gasteiger partial charge in [0, 0.05) is 5.56 Å². The summed E-state index contributed by atoms with van der Waals surface area (Å²) in [5.74, 6) is 1.33. The highest BCUT2D eigenvalue weighted by molar-refractivity contribution is 7.71. The summed E-state index contributed by atoms with van der Waals surface area (Å²) >= 11 is 5.32. The zero-order chi connectivity index (χ0) is 18.8. The molecule has 0 bridgehead atoms. The summed E-state index contributed by atoms with van der Waals surface area (Å²) in [6.07, 6.45) is 1.59. The molecule has 1 aromatic heterocycles. The molecule has 0 radical (unpaired) electrons. The van der Waals surface area contributed by atoms with Crippen LogP contribution in [-0.4, -0.2) is 33.3 Å². The van der Waals surface area contributed by atoms with E-state index in [9.17, 15) is 5.11 Å². The Morgan fingerprint density at radius 1 is 1.11 bits per heavy atom. The third kappa shape index (κ3) is 3.09. The van der Waals surface area contributed by atoms with Crippen LogP contribution in [-0.2, 0) is 0 Å². The molecular formula is C20H16N4O2S. The van der Waals surface area contributed by atoms with Crippen molar-refractivity contribution in [3.63, 3.8) is 0 Å². The monoisotopic (exact) mass is 376 g/mol. The highest BCUT2D eigenvalue weighted by Crippen LogP contribution is 2.29. The first-order valence-corrected chi connectivity index (χ1v) is 8.66. The number of nitrogens with one attached hydrogen (secondary N) is 1. The molecule has 0 spiro atoms. The number of methoxy groups -OCH3 is 1. The first kappa shape index (κ1) is 17.0. The molecular weight excluding hydrogens is 360 g/mol. The van der Waals surface area contributed by atoms with E-state index in [2.05, 4.69) is 15.3 Å². The molecule has 3 aromatic carbocycles. The molecule has 0 unspecified atom stereocenters. The fraction of sp³-hybridized carbons (Fsp3) is 0.0500. The molecule has 0 saturated heterocycles. The van der Waals surface area contributed by atoms with Crippen molar-refractivity contribution in [2.75, 3.05) is 7.11 Å². The van der Waals surface area contributed by atoms with Crippen LogP contribution in [0.25, 0.3) is 22.2 Å². The Labute approximate surface area is 160 Å². The Hall–Kier alpha value is -3.45. The standard InChI is InChI=1S/C20H16N4O2S/c1-26-18-9-5-4-8-15(18)19-22-23-20(27)24(19)21-12-16-14-7-3-2-6-13(14)10-11-17(16)25/h2-12,25H,1H3,(H,23,27)/b21-12-. The number of phenolic OH excluding ortho intramolecular Hbond substituents is 1. The van der Waals surface area contributed by atoms with E-state index in [1.54, 1.807) is 19.4 Å². The predicted molar refractivity (Wildman–Crippen MR) is 108 cm³/mol. The van der Waals surface area contributed by atoms with E-state index in [0.717, 1.165) is 16.3 Å². The lowest BCUT2D eigenvalue weighted by atomic mass is 10.0. The summed E-state index contributed by atoms with van der Waals surface area (Å²) in [4.78, 5) is 0.